The van der Waals surface area contributed by atoms with Crippen molar-refractivity contribution < 1.29 is 9.13 Å². The van der Waals surface area contributed by atoms with Crippen molar-refractivity contribution in [3.05, 3.63) is 92.2 Å². The Labute approximate surface area is 172 Å². The quantitative estimate of drug-likeness (QED) is 0.449. The predicted octanol–water partition coefficient (Wildman–Crippen LogP) is 7.29. The largest absolute Gasteiger partial charge is 0.486 e. The smallest absolute Gasteiger partial charge is 0.156 e. The molecule has 0 aliphatic heterocycles. The molecule has 0 fully saturated rings. The van der Waals surface area contributed by atoms with Gasteiger partial charge in [-0.25, -0.2) is 4.39 Å². The second-order valence-corrected chi connectivity index (χ2v) is 7.31. The second kappa shape index (κ2) is 8.83. The third kappa shape index (κ3) is 5.07. The summed E-state index contributed by atoms with van der Waals surface area (Å²) in [6.07, 6.45) is 0. The van der Waals surface area contributed by atoms with Gasteiger partial charge in [0, 0.05) is 22.8 Å². The average Bonchev–Trinajstić information content (AvgIpc) is 2.63. The number of halogens is 4. The number of aryl methyl sites for hydroxylation is 1. The van der Waals surface area contributed by atoms with Crippen molar-refractivity contribution >= 4 is 40.5 Å². The molecule has 27 heavy (non-hydrogen) atoms. The first-order valence-corrected chi connectivity index (χ1v) is 9.41. The fraction of sp³-hybridized carbons (Fsp3) is 0.143. The van der Waals surface area contributed by atoms with E-state index in [1.807, 2.05) is 25.1 Å². The molecular weight excluding hydrogens is 408 g/mol. The molecule has 3 aromatic rings. The van der Waals surface area contributed by atoms with Crippen LogP contribution in [-0.4, -0.2) is 0 Å². The first-order valence-electron chi connectivity index (χ1n) is 8.28. The van der Waals surface area contributed by atoms with Crippen molar-refractivity contribution in [2.45, 2.75) is 20.1 Å². The fourth-order valence-corrected chi connectivity index (χ4v) is 3.35. The lowest BCUT2D eigenvalue weighted by Crippen LogP contribution is -2.02. The Bertz CT molecular complexity index is 939. The normalized spacial score (nSPS) is 10.7. The van der Waals surface area contributed by atoms with Gasteiger partial charge in [-0.1, -0.05) is 59.1 Å². The van der Waals surface area contributed by atoms with E-state index < -0.39 is 0 Å². The molecule has 3 rings (SSSR count). The lowest BCUT2D eigenvalue weighted by Gasteiger charge is -2.13. The van der Waals surface area contributed by atoms with Crippen molar-refractivity contribution in [3.8, 4) is 5.75 Å². The Morgan fingerprint density at radius 1 is 0.926 bits per heavy atom. The first kappa shape index (κ1) is 19.8. The molecule has 0 radical (unpaired) electrons. The van der Waals surface area contributed by atoms with Gasteiger partial charge in [-0.2, -0.15) is 0 Å². The number of ether oxygens (including phenoxy) is 1. The van der Waals surface area contributed by atoms with Crippen LogP contribution in [0.1, 0.15) is 16.7 Å². The fourth-order valence-electron chi connectivity index (χ4n) is 2.52. The van der Waals surface area contributed by atoms with Gasteiger partial charge in [0.1, 0.15) is 12.4 Å². The standard InChI is InChI=1S/C21H17Cl3FNO/c1-13-6-7-16(10-17(13)22)26-11-14-8-18(23)21(19(24)9-14)27-12-15-4-2-3-5-20(15)25/h2-10,26H,11-12H2,1H3. The van der Waals surface area contributed by atoms with E-state index in [4.69, 9.17) is 39.5 Å². The summed E-state index contributed by atoms with van der Waals surface area (Å²) in [5.41, 5.74) is 3.24. The topological polar surface area (TPSA) is 21.3 Å². The minimum absolute atomic E-state index is 0.0472. The lowest BCUT2D eigenvalue weighted by atomic mass is 10.2. The molecule has 0 amide bonds. The summed E-state index contributed by atoms with van der Waals surface area (Å²) >= 11 is 18.8. The molecule has 140 valence electrons. The maximum atomic E-state index is 13.7. The zero-order chi connectivity index (χ0) is 19.4. The van der Waals surface area contributed by atoms with Crippen LogP contribution in [0.3, 0.4) is 0 Å². The SMILES string of the molecule is Cc1ccc(NCc2cc(Cl)c(OCc3ccccc3F)c(Cl)c2)cc1Cl. The molecule has 0 atom stereocenters. The molecule has 0 saturated carbocycles. The highest BCUT2D eigenvalue weighted by molar-refractivity contribution is 6.37. The van der Waals surface area contributed by atoms with E-state index in [2.05, 4.69) is 5.32 Å². The van der Waals surface area contributed by atoms with E-state index in [1.165, 1.54) is 6.07 Å². The van der Waals surface area contributed by atoms with Gasteiger partial charge >= 0.3 is 0 Å². The molecule has 0 spiro atoms. The van der Waals surface area contributed by atoms with Crippen LogP contribution in [0.15, 0.2) is 54.6 Å². The van der Waals surface area contributed by atoms with Crippen molar-refractivity contribution in [1.29, 1.82) is 0 Å². The predicted molar refractivity (Wildman–Crippen MR) is 111 cm³/mol. The zero-order valence-corrected chi connectivity index (χ0v) is 16.8. The highest BCUT2D eigenvalue weighted by Crippen LogP contribution is 2.35. The van der Waals surface area contributed by atoms with Crippen LogP contribution in [0.2, 0.25) is 15.1 Å². The summed E-state index contributed by atoms with van der Waals surface area (Å²) in [5, 5.41) is 4.72. The van der Waals surface area contributed by atoms with Crippen molar-refractivity contribution in [3.63, 3.8) is 0 Å². The van der Waals surface area contributed by atoms with Crippen molar-refractivity contribution in [2.75, 3.05) is 5.32 Å². The van der Waals surface area contributed by atoms with Crippen molar-refractivity contribution in [1.82, 2.24) is 0 Å². The number of rotatable bonds is 6. The maximum absolute atomic E-state index is 13.7. The molecular formula is C21H17Cl3FNO. The van der Waals surface area contributed by atoms with Gasteiger partial charge in [-0.3, -0.25) is 0 Å². The molecule has 0 aromatic heterocycles. The molecule has 0 aliphatic carbocycles. The third-order valence-corrected chi connectivity index (χ3v) is 5.03. The van der Waals surface area contributed by atoms with Crippen LogP contribution in [0.4, 0.5) is 10.1 Å². The van der Waals surface area contributed by atoms with E-state index in [-0.39, 0.29) is 12.4 Å². The monoisotopic (exact) mass is 423 g/mol. The molecule has 6 heteroatoms. The van der Waals surface area contributed by atoms with Gasteiger partial charge in [0.15, 0.2) is 5.75 Å². The maximum Gasteiger partial charge on any atom is 0.156 e. The summed E-state index contributed by atoms with van der Waals surface area (Å²) in [5.74, 6) is 0.00559. The van der Waals surface area contributed by atoms with E-state index in [0.29, 0.717) is 32.9 Å². The number of benzene rings is 3. The van der Waals surface area contributed by atoms with Gasteiger partial charge in [0.05, 0.1) is 10.0 Å². The summed E-state index contributed by atoms with van der Waals surface area (Å²) < 4.78 is 19.3. The van der Waals surface area contributed by atoms with E-state index in [1.54, 1.807) is 30.3 Å². The number of hydrogen-bond donors (Lipinski definition) is 1. The van der Waals surface area contributed by atoms with Crippen molar-refractivity contribution in [2.24, 2.45) is 0 Å². The zero-order valence-electron chi connectivity index (χ0n) is 14.5. The Hall–Kier alpha value is -1.94. The minimum atomic E-state index is -0.331. The lowest BCUT2D eigenvalue weighted by molar-refractivity contribution is 0.300. The Kier molecular flexibility index (Phi) is 6.48. The van der Waals surface area contributed by atoms with Gasteiger partial charge in [0.25, 0.3) is 0 Å². The van der Waals surface area contributed by atoms with Gasteiger partial charge in [-0.05, 0) is 48.4 Å². The van der Waals surface area contributed by atoms with E-state index in [0.717, 1.165) is 16.8 Å². The number of hydrogen-bond acceptors (Lipinski definition) is 2. The van der Waals surface area contributed by atoms with E-state index >= 15 is 0 Å². The van der Waals surface area contributed by atoms with Crippen LogP contribution in [0.5, 0.6) is 5.75 Å². The highest BCUT2D eigenvalue weighted by Gasteiger charge is 2.11. The number of nitrogens with one attached hydrogen (secondary N) is 1. The van der Waals surface area contributed by atoms with Crippen LogP contribution in [-0.2, 0) is 13.2 Å². The number of anilines is 1. The third-order valence-electron chi connectivity index (χ3n) is 4.06. The van der Waals surface area contributed by atoms with Gasteiger partial charge in [0.2, 0.25) is 0 Å². The molecule has 0 heterocycles. The molecule has 0 saturated heterocycles. The highest BCUT2D eigenvalue weighted by atomic mass is 35.5. The first-order chi connectivity index (χ1) is 12.9. The average molecular weight is 425 g/mol. The molecule has 0 aliphatic rings. The molecule has 0 bridgehead atoms. The second-order valence-electron chi connectivity index (χ2n) is 6.09. The van der Waals surface area contributed by atoms with Gasteiger partial charge in [-0.15, -0.1) is 0 Å². The Balaban J connectivity index is 1.68. The van der Waals surface area contributed by atoms with Crippen LogP contribution < -0.4 is 10.1 Å². The van der Waals surface area contributed by atoms with Crippen LogP contribution >= 0.6 is 34.8 Å². The summed E-state index contributed by atoms with van der Waals surface area (Å²) in [4.78, 5) is 0. The Morgan fingerprint density at radius 2 is 1.63 bits per heavy atom. The molecule has 2 nitrogen and oxygen atoms in total. The summed E-state index contributed by atoms with van der Waals surface area (Å²) in [7, 11) is 0. The van der Waals surface area contributed by atoms with Gasteiger partial charge < -0.3 is 10.1 Å². The molecule has 1 N–H and O–H groups in total. The Morgan fingerprint density at radius 3 is 2.30 bits per heavy atom. The van der Waals surface area contributed by atoms with Crippen LogP contribution in [0, 0.1) is 12.7 Å². The molecule has 3 aromatic carbocycles. The summed E-state index contributed by atoms with van der Waals surface area (Å²) in [6.45, 7) is 2.52. The molecule has 0 unspecified atom stereocenters. The van der Waals surface area contributed by atoms with Crippen LogP contribution in [0.25, 0.3) is 0 Å². The van der Waals surface area contributed by atoms with E-state index in [9.17, 15) is 4.39 Å². The summed E-state index contributed by atoms with van der Waals surface area (Å²) in [6, 6.07) is 15.7. The minimum Gasteiger partial charge on any atom is -0.486 e.